The first-order valence-corrected chi connectivity index (χ1v) is 6.83. The maximum absolute atomic E-state index is 12.1. The van der Waals surface area contributed by atoms with Gasteiger partial charge in [0, 0.05) is 15.7 Å². The summed E-state index contributed by atoms with van der Waals surface area (Å²) in [6.45, 7) is 3.91. The van der Waals surface area contributed by atoms with Gasteiger partial charge in [0.15, 0.2) is 0 Å². The van der Waals surface area contributed by atoms with E-state index >= 15 is 0 Å². The fourth-order valence-electron chi connectivity index (χ4n) is 2.17. The first kappa shape index (κ1) is 13.7. The molecule has 2 rings (SSSR count). The van der Waals surface area contributed by atoms with Gasteiger partial charge in [-0.05, 0) is 51.1 Å². The third-order valence-corrected chi connectivity index (χ3v) is 3.63. The molecule has 0 spiro atoms. The largest absolute Gasteiger partial charge is 0.325 e. The Morgan fingerprint density at radius 2 is 1.78 bits per heavy atom. The second-order valence-electron chi connectivity index (χ2n) is 4.57. The van der Waals surface area contributed by atoms with Crippen molar-refractivity contribution in [1.29, 1.82) is 0 Å². The molecule has 1 aromatic carbocycles. The molecule has 1 heterocycles. The number of benzene rings is 1. The third kappa shape index (κ3) is 3.37. The Hall–Kier alpha value is -0.770. The van der Waals surface area contributed by atoms with Crippen molar-refractivity contribution < 1.29 is 4.79 Å². The van der Waals surface area contributed by atoms with Crippen molar-refractivity contribution in [3.8, 4) is 0 Å². The van der Waals surface area contributed by atoms with E-state index in [-0.39, 0.29) is 11.9 Å². The van der Waals surface area contributed by atoms with Crippen molar-refractivity contribution in [3.05, 3.63) is 28.2 Å². The fraction of sp³-hybridized carbons (Fsp3) is 0.462. The maximum atomic E-state index is 12.1. The number of nitrogens with zero attached hydrogens (tertiary/aromatic N) is 1. The molecule has 0 aromatic heterocycles. The van der Waals surface area contributed by atoms with E-state index in [1.54, 1.807) is 18.2 Å². The number of nitrogens with one attached hydrogen (secondary N) is 1. The summed E-state index contributed by atoms with van der Waals surface area (Å²) in [7, 11) is 0. The summed E-state index contributed by atoms with van der Waals surface area (Å²) >= 11 is 11.8. The zero-order chi connectivity index (χ0) is 13.1. The van der Waals surface area contributed by atoms with Crippen LogP contribution in [0.4, 0.5) is 5.69 Å². The molecule has 5 heteroatoms. The average Bonchev–Trinajstić information content (AvgIpc) is 2.79. The second-order valence-corrected chi connectivity index (χ2v) is 5.44. The minimum atomic E-state index is -0.120. The molecule has 18 heavy (non-hydrogen) atoms. The Kier molecular flexibility index (Phi) is 4.49. The van der Waals surface area contributed by atoms with Gasteiger partial charge in [-0.25, -0.2) is 0 Å². The molecule has 1 aromatic rings. The molecule has 1 amide bonds. The van der Waals surface area contributed by atoms with Crippen LogP contribution in [0.3, 0.4) is 0 Å². The molecular weight excluding hydrogens is 271 g/mol. The molecule has 0 saturated carbocycles. The van der Waals surface area contributed by atoms with E-state index in [1.807, 2.05) is 6.92 Å². The Balaban J connectivity index is 2.01. The molecule has 1 atom stereocenters. The van der Waals surface area contributed by atoms with Gasteiger partial charge in [0.1, 0.15) is 0 Å². The van der Waals surface area contributed by atoms with Crippen molar-refractivity contribution in [2.24, 2.45) is 0 Å². The Morgan fingerprint density at radius 3 is 2.33 bits per heavy atom. The van der Waals surface area contributed by atoms with Crippen molar-refractivity contribution in [2.75, 3.05) is 18.4 Å². The minimum absolute atomic E-state index is 0.0183. The number of halogens is 2. The number of carbonyl (C=O) groups excluding carboxylic acids is 1. The molecule has 1 fully saturated rings. The Labute approximate surface area is 117 Å². The van der Waals surface area contributed by atoms with Crippen LogP contribution in [0.25, 0.3) is 0 Å². The van der Waals surface area contributed by atoms with Gasteiger partial charge >= 0.3 is 0 Å². The molecule has 98 valence electrons. The first-order chi connectivity index (χ1) is 8.56. The van der Waals surface area contributed by atoms with Gasteiger partial charge in [-0.3, -0.25) is 9.69 Å². The highest BCUT2D eigenvalue weighted by Crippen LogP contribution is 2.23. The average molecular weight is 287 g/mol. The van der Waals surface area contributed by atoms with Gasteiger partial charge in [0.25, 0.3) is 0 Å². The van der Waals surface area contributed by atoms with Crippen LogP contribution in [-0.2, 0) is 4.79 Å². The zero-order valence-electron chi connectivity index (χ0n) is 10.2. The van der Waals surface area contributed by atoms with E-state index in [2.05, 4.69) is 10.2 Å². The van der Waals surface area contributed by atoms with Crippen LogP contribution in [0.5, 0.6) is 0 Å². The number of hydrogen-bond acceptors (Lipinski definition) is 2. The Morgan fingerprint density at radius 1 is 1.22 bits per heavy atom. The summed E-state index contributed by atoms with van der Waals surface area (Å²) in [5, 5.41) is 3.89. The normalized spacial score (nSPS) is 17.7. The number of rotatable bonds is 3. The van der Waals surface area contributed by atoms with Gasteiger partial charge in [0.2, 0.25) is 5.91 Å². The maximum Gasteiger partial charge on any atom is 0.241 e. The molecule has 1 aliphatic heterocycles. The van der Waals surface area contributed by atoms with Gasteiger partial charge < -0.3 is 5.32 Å². The van der Waals surface area contributed by atoms with Crippen LogP contribution >= 0.6 is 23.2 Å². The van der Waals surface area contributed by atoms with Crippen molar-refractivity contribution in [2.45, 2.75) is 25.8 Å². The monoisotopic (exact) mass is 286 g/mol. The van der Waals surface area contributed by atoms with Crippen LogP contribution < -0.4 is 5.32 Å². The summed E-state index contributed by atoms with van der Waals surface area (Å²) in [5.41, 5.74) is 0.642. The number of amides is 1. The van der Waals surface area contributed by atoms with E-state index in [0.29, 0.717) is 15.7 Å². The molecular formula is C13H16Cl2N2O. The lowest BCUT2D eigenvalue weighted by atomic mass is 10.2. The van der Waals surface area contributed by atoms with Crippen molar-refractivity contribution in [3.63, 3.8) is 0 Å². The van der Waals surface area contributed by atoms with Gasteiger partial charge in [-0.15, -0.1) is 0 Å². The highest BCUT2D eigenvalue weighted by molar-refractivity contribution is 6.35. The van der Waals surface area contributed by atoms with E-state index in [9.17, 15) is 4.79 Å². The second kappa shape index (κ2) is 5.91. The molecule has 3 nitrogen and oxygen atoms in total. The Bertz CT molecular complexity index is 424. The van der Waals surface area contributed by atoms with E-state index in [0.717, 1.165) is 13.1 Å². The van der Waals surface area contributed by atoms with Crippen LogP contribution in [0, 0.1) is 0 Å². The molecule has 0 bridgehead atoms. The molecule has 0 unspecified atom stereocenters. The van der Waals surface area contributed by atoms with Crippen LogP contribution in [-0.4, -0.2) is 29.9 Å². The summed E-state index contributed by atoms with van der Waals surface area (Å²) < 4.78 is 0. The van der Waals surface area contributed by atoms with Crippen molar-refractivity contribution in [1.82, 2.24) is 4.90 Å². The van der Waals surface area contributed by atoms with Crippen LogP contribution in [0.1, 0.15) is 19.8 Å². The summed E-state index contributed by atoms with van der Waals surface area (Å²) in [4.78, 5) is 14.3. The zero-order valence-corrected chi connectivity index (χ0v) is 11.8. The predicted octanol–water partition coefficient (Wildman–Crippen LogP) is 3.42. The van der Waals surface area contributed by atoms with Gasteiger partial charge in [-0.2, -0.15) is 0 Å². The predicted molar refractivity (Wildman–Crippen MR) is 75.4 cm³/mol. The summed E-state index contributed by atoms with van der Waals surface area (Å²) in [6.07, 6.45) is 2.33. The molecule has 0 aliphatic carbocycles. The lowest BCUT2D eigenvalue weighted by Crippen LogP contribution is -2.40. The minimum Gasteiger partial charge on any atom is -0.325 e. The smallest absolute Gasteiger partial charge is 0.241 e. The van der Waals surface area contributed by atoms with E-state index in [1.165, 1.54) is 12.8 Å². The lowest BCUT2D eigenvalue weighted by molar-refractivity contribution is -0.120. The van der Waals surface area contributed by atoms with Crippen molar-refractivity contribution >= 4 is 34.8 Å². The number of anilines is 1. The molecule has 1 N–H and O–H groups in total. The van der Waals surface area contributed by atoms with Crippen LogP contribution in [0.2, 0.25) is 10.0 Å². The van der Waals surface area contributed by atoms with E-state index < -0.39 is 0 Å². The molecule has 1 saturated heterocycles. The lowest BCUT2D eigenvalue weighted by Gasteiger charge is -2.22. The SMILES string of the molecule is C[C@H](C(=O)Nc1cc(Cl)cc(Cl)c1)N1CCCC1. The summed E-state index contributed by atoms with van der Waals surface area (Å²) in [6, 6.07) is 4.91. The highest BCUT2D eigenvalue weighted by atomic mass is 35.5. The van der Waals surface area contributed by atoms with Gasteiger partial charge in [0.05, 0.1) is 6.04 Å². The molecule has 0 radical (unpaired) electrons. The fourth-order valence-corrected chi connectivity index (χ4v) is 2.69. The topological polar surface area (TPSA) is 32.3 Å². The van der Waals surface area contributed by atoms with E-state index in [4.69, 9.17) is 23.2 Å². The number of hydrogen-bond donors (Lipinski definition) is 1. The first-order valence-electron chi connectivity index (χ1n) is 6.07. The highest BCUT2D eigenvalue weighted by Gasteiger charge is 2.23. The molecule has 1 aliphatic rings. The van der Waals surface area contributed by atoms with Gasteiger partial charge in [-0.1, -0.05) is 23.2 Å². The third-order valence-electron chi connectivity index (χ3n) is 3.20. The number of carbonyl (C=O) groups is 1. The quantitative estimate of drug-likeness (QED) is 0.924. The number of likely N-dealkylation sites (tertiary alicyclic amines) is 1. The summed E-state index contributed by atoms with van der Waals surface area (Å²) in [5.74, 6) is -0.0183. The standard InChI is InChI=1S/C13H16Cl2N2O/c1-9(17-4-2-3-5-17)13(18)16-12-7-10(14)6-11(15)8-12/h6-9H,2-5H2,1H3,(H,16,18)/t9-/m1/s1. The van der Waals surface area contributed by atoms with Crippen LogP contribution in [0.15, 0.2) is 18.2 Å².